The lowest BCUT2D eigenvalue weighted by atomic mass is 10.1. The number of unbranched alkanes of at least 4 members (excludes halogenated alkanes) is 1. The number of benzene rings is 2. The smallest absolute Gasteiger partial charge is 0.261 e. The summed E-state index contributed by atoms with van der Waals surface area (Å²) in [4.78, 5) is 25.8. The molecule has 0 unspecified atom stereocenters. The fourth-order valence-electron chi connectivity index (χ4n) is 2.86. The molecule has 1 heterocycles. The number of nitrogens with one attached hydrogen (secondary N) is 1. The standard InChI is InChI=1S/C20H21N3O4/c1-26-14-9-10-18(27-2)17(13-14)22-21-11-5-6-12-23-19(24)15-7-3-4-8-16(15)20(23)25/h3-4,7-11,13,22H,5-6,12H2,1-2H3/b21-11-. The van der Waals surface area contributed by atoms with Crippen molar-refractivity contribution in [2.45, 2.75) is 12.8 Å². The average molecular weight is 367 g/mol. The van der Waals surface area contributed by atoms with Crippen molar-refractivity contribution in [3.05, 3.63) is 53.6 Å². The van der Waals surface area contributed by atoms with Gasteiger partial charge in [0.15, 0.2) is 0 Å². The Hall–Kier alpha value is -3.35. The van der Waals surface area contributed by atoms with E-state index >= 15 is 0 Å². The lowest BCUT2D eigenvalue weighted by molar-refractivity contribution is 0.0653. The first-order valence-electron chi connectivity index (χ1n) is 8.60. The highest BCUT2D eigenvalue weighted by molar-refractivity contribution is 6.21. The van der Waals surface area contributed by atoms with Gasteiger partial charge in [-0.1, -0.05) is 12.1 Å². The van der Waals surface area contributed by atoms with E-state index in [9.17, 15) is 9.59 Å². The Kier molecular flexibility index (Phi) is 5.71. The number of anilines is 1. The monoisotopic (exact) mass is 367 g/mol. The third-order valence-corrected chi connectivity index (χ3v) is 4.28. The maximum atomic E-state index is 12.3. The minimum Gasteiger partial charge on any atom is -0.497 e. The zero-order chi connectivity index (χ0) is 19.2. The van der Waals surface area contributed by atoms with Crippen LogP contribution < -0.4 is 14.9 Å². The third kappa shape index (κ3) is 3.92. The molecule has 7 nitrogen and oxygen atoms in total. The van der Waals surface area contributed by atoms with Gasteiger partial charge in [0.1, 0.15) is 17.2 Å². The molecule has 0 fully saturated rings. The van der Waals surface area contributed by atoms with Crippen molar-refractivity contribution in [2.24, 2.45) is 5.10 Å². The Morgan fingerprint density at radius 1 is 1.04 bits per heavy atom. The Morgan fingerprint density at radius 2 is 1.74 bits per heavy atom. The number of rotatable bonds is 8. The van der Waals surface area contributed by atoms with Crippen molar-refractivity contribution in [1.82, 2.24) is 4.90 Å². The second-order valence-corrected chi connectivity index (χ2v) is 5.94. The summed E-state index contributed by atoms with van der Waals surface area (Å²) in [6, 6.07) is 12.3. The van der Waals surface area contributed by atoms with Crippen LogP contribution in [0.1, 0.15) is 33.6 Å². The Morgan fingerprint density at radius 3 is 2.37 bits per heavy atom. The molecular formula is C20H21N3O4. The van der Waals surface area contributed by atoms with Crippen LogP contribution in [0.2, 0.25) is 0 Å². The topological polar surface area (TPSA) is 80.2 Å². The van der Waals surface area contributed by atoms with Crippen molar-refractivity contribution in [2.75, 3.05) is 26.2 Å². The van der Waals surface area contributed by atoms with Gasteiger partial charge in [0.05, 0.1) is 25.3 Å². The van der Waals surface area contributed by atoms with Gasteiger partial charge in [-0.05, 0) is 37.1 Å². The number of nitrogens with zero attached hydrogens (tertiary/aromatic N) is 2. The fraction of sp³-hybridized carbons (Fsp3) is 0.250. The zero-order valence-electron chi connectivity index (χ0n) is 15.3. The van der Waals surface area contributed by atoms with Crippen LogP contribution in [-0.2, 0) is 0 Å². The molecule has 0 aromatic heterocycles. The molecule has 1 N–H and O–H groups in total. The summed E-state index contributed by atoms with van der Waals surface area (Å²) in [5, 5.41) is 4.17. The molecule has 1 aliphatic rings. The van der Waals surface area contributed by atoms with Crippen LogP contribution in [0.4, 0.5) is 5.69 Å². The van der Waals surface area contributed by atoms with Gasteiger partial charge in [0.25, 0.3) is 11.8 Å². The highest BCUT2D eigenvalue weighted by atomic mass is 16.5. The highest BCUT2D eigenvalue weighted by Crippen LogP contribution is 2.28. The van der Waals surface area contributed by atoms with Crippen molar-refractivity contribution in [3.8, 4) is 11.5 Å². The number of amides is 2. The van der Waals surface area contributed by atoms with E-state index in [1.54, 1.807) is 62.9 Å². The van der Waals surface area contributed by atoms with Gasteiger partial charge in [-0.3, -0.25) is 19.9 Å². The number of hydrazone groups is 1. The summed E-state index contributed by atoms with van der Waals surface area (Å²) < 4.78 is 10.5. The summed E-state index contributed by atoms with van der Waals surface area (Å²) in [5.41, 5.74) is 4.55. The minimum absolute atomic E-state index is 0.230. The van der Waals surface area contributed by atoms with E-state index in [2.05, 4.69) is 10.5 Å². The SMILES string of the molecule is COc1ccc(OC)c(N/N=C\CCCN2C(=O)c3ccccc3C2=O)c1. The average Bonchev–Trinajstić information content (AvgIpc) is 2.95. The van der Waals surface area contributed by atoms with Crippen LogP contribution in [0.15, 0.2) is 47.6 Å². The second-order valence-electron chi connectivity index (χ2n) is 5.94. The lowest BCUT2D eigenvalue weighted by Crippen LogP contribution is -2.30. The first kappa shape index (κ1) is 18.4. The minimum atomic E-state index is -0.230. The Balaban J connectivity index is 1.50. The van der Waals surface area contributed by atoms with Crippen molar-refractivity contribution >= 4 is 23.7 Å². The molecule has 0 bridgehead atoms. The zero-order valence-corrected chi connectivity index (χ0v) is 15.3. The molecule has 140 valence electrons. The van der Waals surface area contributed by atoms with E-state index in [-0.39, 0.29) is 11.8 Å². The van der Waals surface area contributed by atoms with Crippen LogP contribution in [-0.4, -0.2) is 43.7 Å². The van der Waals surface area contributed by atoms with E-state index in [0.717, 1.165) is 0 Å². The lowest BCUT2D eigenvalue weighted by Gasteiger charge is -2.12. The predicted octanol–water partition coefficient (Wildman–Crippen LogP) is 3.18. The maximum absolute atomic E-state index is 12.3. The van der Waals surface area contributed by atoms with Crippen LogP contribution >= 0.6 is 0 Å². The number of carbonyl (C=O) groups is 2. The molecule has 0 aliphatic carbocycles. The van der Waals surface area contributed by atoms with Gasteiger partial charge in [-0.15, -0.1) is 0 Å². The molecule has 0 saturated heterocycles. The number of imide groups is 1. The molecule has 2 aromatic carbocycles. The summed E-state index contributed by atoms with van der Waals surface area (Å²) >= 11 is 0. The van der Waals surface area contributed by atoms with Crippen LogP contribution in [0, 0.1) is 0 Å². The molecule has 2 aromatic rings. The molecule has 0 spiro atoms. The van der Waals surface area contributed by atoms with Crippen LogP contribution in [0.5, 0.6) is 11.5 Å². The summed E-state index contributed by atoms with van der Waals surface area (Å²) in [5.74, 6) is 0.886. The predicted molar refractivity (Wildman–Crippen MR) is 103 cm³/mol. The van der Waals surface area contributed by atoms with E-state index in [1.165, 1.54) is 4.90 Å². The molecule has 0 radical (unpaired) electrons. The van der Waals surface area contributed by atoms with Crippen molar-refractivity contribution in [3.63, 3.8) is 0 Å². The molecule has 2 amide bonds. The number of ether oxygens (including phenoxy) is 2. The van der Waals surface area contributed by atoms with Crippen LogP contribution in [0.25, 0.3) is 0 Å². The van der Waals surface area contributed by atoms with Crippen molar-refractivity contribution in [1.29, 1.82) is 0 Å². The molecule has 7 heteroatoms. The number of hydrogen-bond acceptors (Lipinski definition) is 6. The molecule has 0 saturated carbocycles. The maximum Gasteiger partial charge on any atom is 0.261 e. The van der Waals surface area contributed by atoms with Gasteiger partial charge in [-0.25, -0.2) is 0 Å². The summed E-state index contributed by atoms with van der Waals surface area (Å²) in [7, 11) is 3.17. The van der Waals surface area contributed by atoms with Gasteiger partial charge >= 0.3 is 0 Å². The van der Waals surface area contributed by atoms with E-state index in [4.69, 9.17) is 9.47 Å². The Bertz CT molecular complexity index is 844. The third-order valence-electron chi connectivity index (χ3n) is 4.28. The van der Waals surface area contributed by atoms with Crippen LogP contribution in [0.3, 0.4) is 0 Å². The van der Waals surface area contributed by atoms with E-state index in [0.29, 0.717) is 47.7 Å². The molecular weight excluding hydrogens is 346 g/mol. The van der Waals surface area contributed by atoms with E-state index < -0.39 is 0 Å². The number of hydrogen-bond donors (Lipinski definition) is 1. The van der Waals surface area contributed by atoms with Crippen molar-refractivity contribution < 1.29 is 19.1 Å². The second kappa shape index (κ2) is 8.35. The van der Waals surface area contributed by atoms with Gasteiger partial charge in [0.2, 0.25) is 0 Å². The normalized spacial score (nSPS) is 13.2. The number of carbonyl (C=O) groups excluding carboxylic acids is 2. The van der Waals surface area contributed by atoms with Gasteiger partial charge in [0, 0.05) is 18.8 Å². The molecule has 27 heavy (non-hydrogen) atoms. The first-order valence-corrected chi connectivity index (χ1v) is 8.60. The summed E-state index contributed by atoms with van der Waals surface area (Å²) in [6.07, 6.45) is 2.95. The number of methoxy groups -OCH3 is 2. The molecule has 1 aliphatic heterocycles. The molecule has 3 rings (SSSR count). The number of fused-ring (bicyclic) bond motifs is 1. The molecule has 0 atom stereocenters. The largest absolute Gasteiger partial charge is 0.497 e. The summed E-state index contributed by atoms with van der Waals surface area (Å²) in [6.45, 7) is 0.362. The highest BCUT2D eigenvalue weighted by Gasteiger charge is 2.34. The van der Waals surface area contributed by atoms with E-state index in [1.807, 2.05) is 0 Å². The van der Waals surface area contributed by atoms with Gasteiger partial charge < -0.3 is 9.47 Å². The fourth-order valence-corrected chi connectivity index (χ4v) is 2.86. The van der Waals surface area contributed by atoms with Gasteiger partial charge in [-0.2, -0.15) is 5.10 Å². The Labute approximate surface area is 157 Å². The first-order chi connectivity index (χ1) is 13.2. The quantitative estimate of drug-likeness (QED) is 0.335.